The summed E-state index contributed by atoms with van der Waals surface area (Å²) in [6.45, 7) is 3.39. The lowest BCUT2D eigenvalue weighted by Gasteiger charge is -2.24. The van der Waals surface area contributed by atoms with Crippen LogP contribution in [0.3, 0.4) is 0 Å². The third-order valence-corrected chi connectivity index (χ3v) is 6.55. The summed E-state index contributed by atoms with van der Waals surface area (Å²) in [5, 5.41) is 12.6. The summed E-state index contributed by atoms with van der Waals surface area (Å²) in [6.07, 6.45) is -2.05. The van der Waals surface area contributed by atoms with E-state index < -0.39 is 23.6 Å². The number of carboxylic acid groups (broad SMARTS) is 1. The number of pyridine rings is 1. The van der Waals surface area contributed by atoms with Gasteiger partial charge in [-0.15, -0.1) is 0 Å². The van der Waals surface area contributed by atoms with Crippen LogP contribution in [0, 0.1) is 12.8 Å². The molecular weight excluding hydrogens is 511 g/mol. The van der Waals surface area contributed by atoms with Crippen LogP contribution in [0.25, 0.3) is 0 Å². The van der Waals surface area contributed by atoms with Crippen LogP contribution in [0.5, 0.6) is 5.75 Å². The molecule has 2 heterocycles. The second-order valence-electron chi connectivity index (χ2n) is 9.67. The van der Waals surface area contributed by atoms with Crippen molar-refractivity contribution in [3.8, 4) is 5.75 Å². The fourth-order valence-corrected chi connectivity index (χ4v) is 4.57. The van der Waals surface area contributed by atoms with E-state index in [0.29, 0.717) is 24.5 Å². The first-order valence-electron chi connectivity index (χ1n) is 12.7. The number of carbonyl (C=O) groups excluding carboxylic acids is 1. The van der Waals surface area contributed by atoms with E-state index in [1.807, 2.05) is 37.3 Å². The van der Waals surface area contributed by atoms with Crippen LogP contribution in [0.1, 0.15) is 40.7 Å². The number of fused-ring (bicyclic) bond motifs is 1. The fourth-order valence-electron chi connectivity index (χ4n) is 4.57. The second-order valence-corrected chi connectivity index (χ2v) is 9.67. The van der Waals surface area contributed by atoms with Crippen molar-refractivity contribution in [2.45, 2.75) is 45.5 Å². The standard InChI is InChI=1S/C29H30F3N3O4/c1-19-9-11-34-26(13-19)33-10-2-12-39-25-8-5-21-14-22(16-27(36)37)28(38)35(18-23(21)15-25)17-20-3-6-24(7-4-20)29(30,31)32/h3-9,11,13,15,22H,2,10,12,14,16-18H2,1H3,(H,33,34)(H,36,37). The number of benzene rings is 2. The molecule has 0 radical (unpaired) electrons. The van der Waals surface area contributed by atoms with Crippen LogP contribution in [0.4, 0.5) is 19.0 Å². The number of halogens is 3. The Morgan fingerprint density at radius 1 is 1.13 bits per heavy atom. The number of rotatable bonds is 10. The van der Waals surface area contributed by atoms with Gasteiger partial charge in [0.05, 0.1) is 24.5 Å². The van der Waals surface area contributed by atoms with E-state index in [1.54, 1.807) is 6.20 Å². The minimum absolute atomic E-state index is 0.0658. The van der Waals surface area contributed by atoms with Crippen LogP contribution >= 0.6 is 0 Å². The zero-order valence-electron chi connectivity index (χ0n) is 21.5. The van der Waals surface area contributed by atoms with Crippen LogP contribution in [-0.4, -0.2) is 40.0 Å². The lowest BCUT2D eigenvalue weighted by molar-refractivity contribution is -0.144. The molecule has 0 saturated carbocycles. The highest BCUT2D eigenvalue weighted by Crippen LogP contribution is 2.31. The topological polar surface area (TPSA) is 91.8 Å². The molecule has 0 saturated heterocycles. The number of aliphatic carboxylic acids is 1. The molecule has 3 aromatic rings. The van der Waals surface area contributed by atoms with Crippen molar-refractivity contribution < 1.29 is 32.6 Å². The van der Waals surface area contributed by atoms with Crippen LogP contribution < -0.4 is 10.1 Å². The Hall–Kier alpha value is -4.08. The molecule has 1 aromatic heterocycles. The molecule has 10 heteroatoms. The van der Waals surface area contributed by atoms with Gasteiger partial charge in [0.1, 0.15) is 11.6 Å². The highest BCUT2D eigenvalue weighted by atomic mass is 19.4. The molecule has 7 nitrogen and oxygen atoms in total. The number of carboxylic acids is 1. The normalized spacial score (nSPS) is 15.4. The van der Waals surface area contributed by atoms with E-state index in [4.69, 9.17) is 4.74 Å². The number of amides is 1. The molecule has 2 aromatic carbocycles. The van der Waals surface area contributed by atoms with Gasteiger partial charge in [-0.2, -0.15) is 13.2 Å². The van der Waals surface area contributed by atoms with Gasteiger partial charge in [-0.3, -0.25) is 9.59 Å². The molecule has 0 aliphatic carbocycles. The van der Waals surface area contributed by atoms with Gasteiger partial charge in [0, 0.05) is 25.8 Å². The monoisotopic (exact) mass is 541 g/mol. The van der Waals surface area contributed by atoms with Crippen LogP contribution in [0.2, 0.25) is 0 Å². The highest BCUT2D eigenvalue weighted by molar-refractivity contribution is 5.84. The predicted octanol–water partition coefficient (Wildman–Crippen LogP) is 5.47. The Balaban J connectivity index is 1.43. The summed E-state index contributed by atoms with van der Waals surface area (Å²) in [7, 11) is 0. The third kappa shape index (κ3) is 7.72. The van der Waals surface area contributed by atoms with Gasteiger partial charge in [-0.1, -0.05) is 18.2 Å². The number of aryl methyl sites for hydroxylation is 1. The first-order valence-corrected chi connectivity index (χ1v) is 12.7. The third-order valence-electron chi connectivity index (χ3n) is 6.55. The molecule has 1 aliphatic rings. The van der Waals surface area contributed by atoms with Crippen molar-refractivity contribution in [2.75, 3.05) is 18.5 Å². The molecule has 39 heavy (non-hydrogen) atoms. The summed E-state index contributed by atoms with van der Waals surface area (Å²) < 4.78 is 44.8. The number of nitrogens with zero attached hydrogens (tertiary/aromatic N) is 2. The van der Waals surface area contributed by atoms with E-state index in [2.05, 4.69) is 10.3 Å². The van der Waals surface area contributed by atoms with Crippen LogP contribution in [0.15, 0.2) is 60.8 Å². The summed E-state index contributed by atoms with van der Waals surface area (Å²) in [5.74, 6) is -0.770. The van der Waals surface area contributed by atoms with Crippen molar-refractivity contribution in [1.82, 2.24) is 9.88 Å². The van der Waals surface area contributed by atoms with Gasteiger partial charge in [0.25, 0.3) is 0 Å². The average molecular weight is 542 g/mol. The van der Waals surface area contributed by atoms with Crippen molar-refractivity contribution in [2.24, 2.45) is 5.92 Å². The molecule has 4 rings (SSSR count). The van der Waals surface area contributed by atoms with E-state index in [0.717, 1.165) is 41.1 Å². The van der Waals surface area contributed by atoms with Gasteiger partial charge in [-0.25, -0.2) is 4.98 Å². The molecule has 206 valence electrons. The van der Waals surface area contributed by atoms with Crippen molar-refractivity contribution in [1.29, 1.82) is 0 Å². The number of hydrogen-bond acceptors (Lipinski definition) is 5. The Morgan fingerprint density at radius 3 is 2.59 bits per heavy atom. The molecule has 0 spiro atoms. The molecule has 0 bridgehead atoms. The van der Waals surface area contributed by atoms with E-state index in [-0.39, 0.29) is 31.8 Å². The summed E-state index contributed by atoms with van der Waals surface area (Å²) >= 11 is 0. The molecular formula is C29H30F3N3O4. The first kappa shape index (κ1) is 27.9. The van der Waals surface area contributed by atoms with Crippen molar-refractivity contribution in [3.63, 3.8) is 0 Å². The van der Waals surface area contributed by atoms with Crippen molar-refractivity contribution in [3.05, 3.63) is 88.6 Å². The SMILES string of the molecule is Cc1ccnc(NCCCOc2ccc3c(c2)CN(Cc2ccc(C(F)(F)F)cc2)C(=O)C(CC(=O)O)C3)c1. The van der Waals surface area contributed by atoms with E-state index in [9.17, 15) is 27.9 Å². The summed E-state index contributed by atoms with van der Waals surface area (Å²) in [5.41, 5.74) is 2.54. The van der Waals surface area contributed by atoms with Crippen molar-refractivity contribution >= 4 is 17.7 Å². The Kier molecular flexibility index (Phi) is 8.73. The summed E-state index contributed by atoms with van der Waals surface area (Å²) in [4.78, 5) is 30.5. The van der Waals surface area contributed by atoms with E-state index >= 15 is 0 Å². The van der Waals surface area contributed by atoms with Gasteiger partial charge < -0.3 is 20.1 Å². The number of alkyl halides is 3. The second kappa shape index (κ2) is 12.2. The lowest BCUT2D eigenvalue weighted by atomic mass is 9.94. The first-order chi connectivity index (χ1) is 18.6. The quantitative estimate of drug-likeness (QED) is 0.331. The Bertz CT molecular complexity index is 1310. The predicted molar refractivity (Wildman–Crippen MR) is 139 cm³/mol. The highest BCUT2D eigenvalue weighted by Gasteiger charge is 2.32. The van der Waals surface area contributed by atoms with Crippen LogP contribution in [-0.2, 0) is 35.3 Å². The maximum Gasteiger partial charge on any atom is 0.416 e. The molecule has 1 aliphatic heterocycles. The minimum atomic E-state index is -4.45. The molecule has 2 N–H and O–H groups in total. The number of nitrogens with one attached hydrogen (secondary N) is 1. The molecule has 1 amide bonds. The fraction of sp³-hybridized carbons (Fsp3) is 0.345. The van der Waals surface area contributed by atoms with Gasteiger partial charge in [-0.05, 0) is 78.4 Å². The zero-order chi connectivity index (χ0) is 28.0. The Labute approximate surface area is 224 Å². The Morgan fingerprint density at radius 2 is 1.90 bits per heavy atom. The lowest BCUT2D eigenvalue weighted by Crippen LogP contribution is -2.35. The average Bonchev–Trinajstić information content (AvgIpc) is 2.99. The molecule has 0 fully saturated rings. The maximum absolute atomic E-state index is 13.3. The maximum atomic E-state index is 13.3. The molecule has 1 atom stereocenters. The number of carbonyl (C=O) groups is 2. The van der Waals surface area contributed by atoms with Gasteiger partial charge >= 0.3 is 12.1 Å². The summed E-state index contributed by atoms with van der Waals surface area (Å²) in [6, 6.07) is 14.0. The zero-order valence-corrected chi connectivity index (χ0v) is 21.5. The molecule has 1 unspecified atom stereocenters. The number of anilines is 1. The van der Waals surface area contributed by atoms with Gasteiger partial charge in [0.2, 0.25) is 5.91 Å². The van der Waals surface area contributed by atoms with E-state index in [1.165, 1.54) is 17.0 Å². The largest absolute Gasteiger partial charge is 0.494 e. The van der Waals surface area contributed by atoms with Gasteiger partial charge in [0.15, 0.2) is 0 Å². The number of ether oxygens (including phenoxy) is 1. The minimum Gasteiger partial charge on any atom is -0.494 e. The number of aromatic nitrogens is 1. The number of hydrogen-bond donors (Lipinski definition) is 2. The smallest absolute Gasteiger partial charge is 0.416 e.